The summed E-state index contributed by atoms with van der Waals surface area (Å²) < 4.78 is 43.2. The standard InChI is InChI=1S/C25H45NO12/c1-2-3-4-5-8-30-9-10-31-11-12-32-13-14-33-15-16-34-17-18-35-19-20-36-21-22-37-25(29)38-26-23(27)6-7-24(26)28/h6-7,27-28H,2-5,8-22H2,1H3. The third kappa shape index (κ3) is 19.9. The van der Waals surface area contributed by atoms with E-state index in [2.05, 4.69) is 11.8 Å². The first-order valence-corrected chi connectivity index (χ1v) is 13.1. The highest BCUT2D eigenvalue weighted by Gasteiger charge is 2.12. The number of hydrogen-bond donors (Lipinski definition) is 2. The van der Waals surface area contributed by atoms with E-state index in [-0.39, 0.29) is 13.2 Å². The molecule has 222 valence electrons. The van der Waals surface area contributed by atoms with Crippen molar-refractivity contribution in [3.8, 4) is 11.8 Å². The van der Waals surface area contributed by atoms with Crippen LogP contribution in [0.5, 0.6) is 11.8 Å². The van der Waals surface area contributed by atoms with Gasteiger partial charge in [0.1, 0.15) is 6.61 Å². The third-order valence-corrected chi connectivity index (χ3v) is 4.79. The average molecular weight is 552 g/mol. The van der Waals surface area contributed by atoms with Gasteiger partial charge < -0.3 is 48.1 Å². The molecule has 0 radical (unpaired) electrons. The Morgan fingerprint density at radius 1 is 0.579 bits per heavy atom. The molecule has 0 spiro atoms. The topological polar surface area (TPSA) is 146 Å². The molecule has 1 aromatic rings. The van der Waals surface area contributed by atoms with E-state index >= 15 is 0 Å². The molecule has 0 saturated heterocycles. The van der Waals surface area contributed by atoms with Crippen molar-refractivity contribution in [2.75, 3.05) is 99.1 Å². The summed E-state index contributed by atoms with van der Waals surface area (Å²) in [6.07, 6.45) is 3.76. The molecule has 0 unspecified atom stereocenters. The van der Waals surface area contributed by atoms with Crippen molar-refractivity contribution in [3.05, 3.63) is 12.1 Å². The van der Waals surface area contributed by atoms with Crippen LogP contribution in [0.25, 0.3) is 0 Å². The fourth-order valence-electron chi connectivity index (χ4n) is 2.83. The molecule has 1 rings (SSSR count). The Kier molecular flexibility index (Phi) is 22.4. The number of aromatic nitrogens is 1. The quantitative estimate of drug-likeness (QED) is 0.122. The van der Waals surface area contributed by atoms with Gasteiger partial charge in [-0.1, -0.05) is 26.2 Å². The molecule has 0 aromatic carbocycles. The minimum Gasteiger partial charge on any atom is -0.492 e. The molecule has 0 fully saturated rings. The second-order valence-corrected chi connectivity index (χ2v) is 7.88. The number of aromatic hydroxyl groups is 2. The number of nitrogens with zero attached hydrogens (tertiary/aromatic N) is 1. The van der Waals surface area contributed by atoms with Crippen molar-refractivity contribution in [2.45, 2.75) is 32.6 Å². The van der Waals surface area contributed by atoms with Crippen LogP contribution in [0.4, 0.5) is 4.79 Å². The van der Waals surface area contributed by atoms with E-state index in [1.54, 1.807) is 0 Å². The summed E-state index contributed by atoms with van der Waals surface area (Å²) in [5, 5.41) is 18.7. The van der Waals surface area contributed by atoms with Crippen molar-refractivity contribution < 1.29 is 57.7 Å². The van der Waals surface area contributed by atoms with Gasteiger partial charge in [0.25, 0.3) is 0 Å². The third-order valence-electron chi connectivity index (χ3n) is 4.79. The predicted octanol–water partition coefficient (Wildman–Crippen LogP) is 2.16. The lowest BCUT2D eigenvalue weighted by atomic mass is 10.2. The zero-order valence-corrected chi connectivity index (χ0v) is 22.5. The number of unbranched alkanes of at least 4 members (excludes halogenated alkanes) is 3. The molecule has 1 aromatic heterocycles. The lowest BCUT2D eigenvalue weighted by molar-refractivity contribution is -0.0235. The molecule has 13 nitrogen and oxygen atoms in total. The Labute approximate surface area is 224 Å². The minimum absolute atomic E-state index is 0.0573. The first kappa shape index (κ1) is 33.9. The first-order valence-electron chi connectivity index (χ1n) is 13.1. The van der Waals surface area contributed by atoms with Gasteiger partial charge in [-0.3, -0.25) is 4.84 Å². The highest BCUT2D eigenvalue weighted by molar-refractivity contribution is 5.60. The highest BCUT2D eigenvalue weighted by Crippen LogP contribution is 2.18. The summed E-state index contributed by atoms with van der Waals surface area (Å²) in [4.78, 5) is 16.1. The summed E-state index contributed by atoms with van der Waals surface area (Å²) >= 11 is 0. The van der Waals surface area contributed by atoms with Gasteiger partial charge in [-0.25, -0.2) is 4.79 Å². The Balaban J connectivity index is 1.70. The molecule has 1 heterocycles. The molecule has 0 saturated carbocycles. The molecule has 0 bridgehead atoms. The number of ether oxygens (including phenoxy) is 8. The second kappa shape index (κ2) is 25.2. The molecule has 0 aliphatic heterocycles. The van der Waals surface area contributed by atoms with E-state index < -0.39 is 17.9 Å². The molecule has 0 amide bonds. The van der Waals surface area contributed by atoms with Gasteiger partial charge in [-0.2, -0.15) is 0 Å². The largest absolute Gasteiger partial charge is 0.534 e. The smallest absolute Gasteiger partial charge is 0.492 e. The van der Waals surface area contributed by atoms with Crippen molar-refractivity contribution >= 4 is 6.16 Å². The first-order chi connectivity index (χ1) is 18.6. The van der Waals surface area contributed by atoms with E-state index in [9.17, 15) is 15.0 Å². The van der Waals surface area contributed by atoms with Crippen LogP contribution in [-0.2, 0) is 37.9 Å². The lowest BCUT2D eigenvalue weighted by Crippen LogP contribution is -2.22. The molecule has 38 heavy (non-hydrogen) atoms. The Hall–Kier alpha value is -2.13. The van der Waals surface area contributed by atoms with Crippen molar-refractivity contribution in [2.24, 2.45) is 0 Å². The van der Waals surface area contributed by atoms with Crippen LogP contribution in [0.1, 0.15) is 32.6 Å². The summed E-state index contributed by atoms with van der Waals surface area (Å²) in [7, 11) is 0. The zero-order valence-electron chi connectivity index (χ0n) is 22.5. The average Bonchev–Trinajstić information content (AvgIpc) is 3.22. The molecule has 0 aliphatic carbocycles. The van der Waals surface area contributed by atoms with Gasteiger partial charge in [-0.05, 0) is 6.42 Å². The fourth-order valence-corrected chi connectivity index (χ4v) is 2.83. The number of rotatable bonds is 27. The van der Waals surface area contributed by atoms with Crippen LogP contribution in [0.2, 0.25) is 0 Å². The van der Waals surface area contributed by atoms with Crippen LogP contribution in [0.3, 0.4) is 0 Å². The van der Waals surface area contributed by atoms with Gasteiger partial charge in [0.2, 0.25) is 11.8 Å². The normalized spacial score (nSPS) is 11.2. The maximum absolute atomic E-state index is 11.4. The maximum atomic E-state index is 11.4. The van der Waals surface area contributed by atoms with E-state index in [1.165, 1.54) is 19.3 Å². The number of carbonyl (C=O) groups excluding carboxylic acids is 1. The summed E-state index contributed by atoms with van der Waals surface area (Å²) in [6.45, 7) is 8.86. The number of hydrogen-bond acceptors (Lipinski definition) is 12. The van der Waals surface area contributed by atoms with Gasteiger partial charge in [0.05, 0.1) is 85.9 Å². The van der Waals surface area contributed by atoms with E-state index in [1.807, 2.05) is 0 Å². The zero-order chi connectivity index (χ0) is 27.5. The van der Waals surface area contributed by atoms with Crippen LogP contribution in [0, 0.1) is 0 Å². The summed E-state index contributed by atoms with van der Waals surface area (Å²) in [5.74, 6) is -0.867. The van der Waals surface area contributed by atoms with Gasteiger partial charge in [0.15, 0.2) is 0 Å². The van der Waals surface area contributed by atoms with E-state index in [4.69, 9.17) is 37.9 Å². The second-order valence-electron chi connectivity index (χ2n) is 7.88. The van der Waals surface area contributed by atoms with Crippen molar-refractivity contribution in [3.63, 3.8) is 0 Å². The predicted molar refractivity (Wildman–Crippen MR) is 136 cm³/mol. The van der Waals surface area contributed by atoms with Crippen LogP contribution in [0.15, 0.2) is 12.1 Å². The number of carbonyl (C=O) groups is 1. The van der Waals surface area contributed by atoms with Crippen molar-refractivity contribution in [1.82, 2.24) is 4.73 Å². The van der Waals surface area contributed by atoms with Gasteiger partial charge in [0, 0.05) is 18.7 Å². The van der Waals surface area contributed by atoms with Crippen LogP contribution in [-0.4, -0.2) is 120 Å². The SMILES string of the molecule is CCCCCCOCCOCCOCCOCCOCCOCCOCCOC(=O)On1c(O)ccc1O. The lowest BCUT2D eigenvalue weighted by Gasteiger charge is -2.09. The van der Waals surface area contributed by atoms with Crippen molar-refractivity contribution in [1.29, 1.82) is 0 Å². The van der Waals surface area contributed by atoms with Gasteiger partial charge in [-0.15, -0.1) is 4.73 Å². The Morgan fingerprint density at radius 3 is 1.34 bits per heavy atom. The van der Waals surface area contributed by atoms with Crippen LogP contribution >= 0.6 is 0 Å². The van der Waals surface area contributed by atoms with Gasteiger partial charge >= 0.3 is 6.16 Å². The minimum atomic E-state index is -1.09. The summed E-state index contributed by atoms with van der Waals surface area (Å²) in [5.41, 5.74) is 0. The molecular weight excluding hydrogens is 506 g/mol. The van der Waals surface area contributed by atoms with E-state index in [0.29, 0.717) is 84.0 Å². The Morgan fingerprint density at radius 2 is 0.947 bits per heavy atom. The summed E-state index contributed by atoms with van der Waals surface area (Å²) in [6, 6.07) is 2.32. The molecule has 2 N–H and O–H groups in total. The fraction of sp³-hybridized carbons (Fsp3) is 0.800. The van der Waals surface area contributed by atoms with Crippen LogP contribution < -0.4 is 4.84 Å². The molecule has 13 heteroatoms. The Bertz CT molecular complexity index is 653. The van der Waals surface area contributed by atoms with E-state index in [0.717, 1.165) is 25.2 Å². The molecule has 0 atom stereocenters. The molecular formula is C25H45NO12. The maximum Gasteiger partial charge on any atom is 0.534 e. The monoisotopic (exact) mass is 551 g/mol. The molecule has 0 aliphatic rings. The highest BCUT2D eigenvalue weighted by atomic mass is 16.8.